The third kappa shape index (κ3) is 1.31. The number of rotatable bonds is 1. The molecule has 0 spiro atoms. The molecule has 1 heterocycles. The van der Waals surface area contributed by atoms with E-state index in [0.29, 0.717) is 12.3 Å². The first-order chi connectivity index (χ1) is 4.20. The lowest BCUT2D eigenvalue weighted by Gasteiger charge is -2.02. The first-order valence-electron chi connectivity index (χ1n) is 3.12. The Hall–Kier alpha value is -0.790. The molecule has 1 atom stereocenters. The summed E-state index contributed by atoms with van der Waals surface area (Å²) >= 11 is 0. The molecule has 50 valence electrons. The Bertz CT molecular complexity index is 151. The van der Waals surface area contributed by atoms with Gasteiger partial charge in [-0.1, -0.05) is 12.2 Å². The van der Waals surface area contributed by atoms with Gasteiger partial charge in [-0.25, -0.2) is 0 Å². The molecule has 2 nitrogen and oxygen atoms in total. The highest BCUT2D eigenvalue weighted by Gasteiger charge is 2.20. The summed E-state index contributed by atoms with van der Waals surface area (Å²) in [7, 11) is 0. The minimum absolute atomic E-state index is 0.156. The highest BCUT2D eigenvalue weighted by Crippen LogP contribution is 2.15. The average molecular weight is 125 g/mol. The van der Waals surface area contributed by atoms with Crippen LogP contribution in [0.3, 0.4) is 0 Å². The van der Waals surface area contributed by atoms with Crippen molar-refractivity contribution in [3.05, 3.63) is 12.2 Å². The fourth-order valence-corrected chi connectivity index (χ4v) is 0.954. The molecule has 1 unspecified atom stereocenters. The van der Waals surface area contributed by atoms with Gasteiger partial charge in [0.25, 0.3) is 0 Å². The van der Waals surface area contributed by atoms with Crippen LogP contribution in [0.2, 0.25) is 0 Å². The van der Waals surface area contributed by atoms with Crippen molar-refractivity contribution in [1.82, 2.24) is 5.32 Å². The van der Waals surface area contributed by atoms with E-state index in [9.17, 15) is 4.79 Å². The summed E-state index contributed by atoms with van der Waals surface area (Å²) in [6.45, 7) is 6.53. The molecule has 1 aliphatic rings. The van der Waals surface area contributed by atoms with Gasteiger partial charge in [0.05, 0.1) is 0 Å². The van der Waals surface area contributed by atoms with Crippen LogP contribution in [0.25, 0.3) is 0 Å². The van der Waals surface area contributed by atoms with Gasteiger partial charge in [-0.15, -0.1) is 0 Å². The van der Waals surface area contributed by atoms with E-state index in [0.717, 1.165) is 12.1 Å². The summed E-state index contributed by atoms with van der Waals surface area (Å²) in [5.74, 6) is 0.542. The quantitative estimate of drug-likeness (QED) is 0.513. The van der Waals surface area contributed by atoms with Crippen molar-refractivity contribution in [2.75, 3.05) is 6.54 Å². The van der Waals surface area contributed by atoms with Crippen LogP contribution < -0.4 is 5.32 Å². The van der Waals surface area contributed by atoms with E-state index in [1.54, 1.807) is 0 Å². The van der Waals surface area contributed by atoms with Crippen molar-refractivity contribution in [1.29, 1.82) is 0 Å². The first kappa shape index (κ1) is 6.33. The molecule has 0 aromatic rings. The molecule has 0 saturated carbocycles. The topological polar surface area (TPSA) is 29.1 Å². The van der Waals surface area contributed by atoms with Gasteiger partial charge in [0.2, 0.25) is 5.91 Å². The van der Waals surface area contributed by atoms with Crippen LogP contribution in [0.15, 0.2) is 12.2 Å². The number of carbonyl (C=O) groups is 1. The maximum Gasteiger partial charge on any atom is 0.220 e. The van der Waals surface area contributed by atoms with Crippen LogP contribution in [0.4, 0.5) is 0 Å². The van der Waals surface area contributed by atoms with Gasteiger partial charge in [-0.2, -0.15) is 0 Å². The smallest absolute Gasteiger partial charge is 0.220 e. The Balaban J connectivity index is 2.48. The molecule has 1 rings (SSSR count). The standard InChI is InChI=1S/C7H11NO/c1-5(2)6-3-7(9)8-4-6/h6H,1,3-4H2,2H3,(H,8,9). The molecular formula is C7H11NO. The second kappa shape index (κ2) is 2.21. The predicted molar refractivity (Wildman–Crippen MR) is 35.9 cm³/mol. The molecule has 1 fully saturated rings. The molecule has 1 aliphatic heterocycles. The van der Waals surface area contributed by atoms with Crippen molar-refractivity contribution in [3.63, 3.8) is 0 Å². The Morgan fingerprint density at radius 3 is 2.78 bits per heavy atom. The minimum Gasteiger partial charge on any atom is -0.355 e. The van der Waals surface area contributed by atoms with Crippen LogP contribution in [0, 0.1) is 5.92 Å². The van der Waals surface area contributed by atoms with Crippen LogP contribution in [0.1, 0.15) is 13.3 Å². The average Bonchev–Trinajstić information content (AvgIpc) is 2.14. The highest BCUT2D eigenvalue weighted by molar-refractivity contribution is 5.78. The zero-order valence-corrected chi connectivity index (χ0v) is 5.61. The zero-order chi connectivity index (χ0) is 6.85. The van der Waals surface area contributed by atoms with E-state index < -0.39 is 0 Å². The molecule has 1 N–H and O–H groups in total. The van der Waals surface area contributed by atoms with Gasteiger partial charge < -0.3 is 5.32 Å². The van der Waals surface area contributed by atoms with Gasteiger partial charge in [0.15, 0.2) is 0 Å². The molecule has 1 amide bonds. The molecule has 0 aromatic carbocycles. The number of hydrogen-bond donors (Lipinski definition) is 1. The third-order valence-electron chi connectivity index (χ3n) is 1.67. The lowest BCUT2D eigenvalue weighted by molar-refractivity contribution is -0.119. The Morgan fingerprint density at radius 1 is 1.89 bits per heavy atom. The lowest BCUT2D eigenvalue weighted by atomic mass is 10.0. The largest absolute Gasteiger partial charge is 0.355 e. The first-order valence-corrected chi connectivity index (χ1v) is 3.12. The van der Waals surface area contributed by atoms with Gasteiger partial charge in [-0.05, 0) is 6.92 Å². The Labute approximate surface area is 54.9 Å². The van der Waals surface area contributed by atoms with Crippen molar-refractivity contribution < 1.29 is 4.79 Å². The summed E-state index contributed by atoms with van der Waals surface area (Å²) in [5, 5.41) is 2.75. The van der Waals surface area contributed by atoms with Crippen molar-refractivity contribution >= 4 is 5.91 Å². The van der Waals surface area contributed by atoms with Gasteiger partial charge in [0.1, 0.15) is 0 Å². The molecule has 0 aliphatic carbocycles. The SMILES string of the molecule is C=C(C)C1CNC(=O)C1. The predicted octanol–water partition coefficient (Wildman–Crippen LogP) is 0.699. The second-order valence-corrected chi connectivity index (χ2v) is 2.55. The fraction of sp³-hybridized carbons (Fsp3) is 0.571. The van der Waals surface area contributed by atoms with E-state index >= 15 is 0 Å². The van der Waals surface area contributed by atoms with Crippen LogP contribution in [0.5, 0.6) is 0 Å². The van der Waals surface area contributed by atoms with E-state index in [1.807, 2.05) is 6.92 Å². The van der Waals surface area contributed by atoms with Crippen LogP contribution in [-0.4, -0.2) is 12.5 Å². The summed E-state index contributed by atoms with van der Waals surface area (Å²) in [5.41, 5.74) is 1.10. The maximum atomic E-state index is 10.6. The Morgan fingerprint density at radius 2 is 2.56 bits per heavy atom. The maximum absolute atomic E-state index is 10.6. The van der Waals surface area contributed by atoms with E-state index in [1.165, 1.54) is 0 Å². The number of amides is 1. The molecule has 0 aromatic heterocycles. The fourth-order valence-electron chi connectivity index (χ4n) is 0.954. The zero-order valence-electron chi connectivity index (χ0n) is 5.61. The molecule has 2 heteroatoms. The molecular weight excluding hydrogens is 114 g/mol. The van der Waals surface area contributed by atoms with Gasteiger partial charge in [0, 0.05) is 18.9 Å². The summed E-state index contributed by atoms with van der Waals surface area (Å²) in [4.78, 5) is 10.6. The minimum atomic E-state index is 0.156. The monoisotopic (exact) mass is 125 g/mol. The van der Waals surface area contributed by atoms with Crippen molar-refractivity contribution in [2.24, 2.45) is 5.92 Å². The number of nitrogens with one attached hydrogen (secondary N) is 1. The van der Waals surface area contributed by atoms with Crippen molar-refractivity contribution in [2.45, 2.75) is 13.3 Å². The van der Waals surface area contributed by atoms with Crippen LogP contribution >= 0.6 is 0 Å². The van der Waals surface area contributed by atoms with Gasteiger partial charge in [-0.3, -0.25) is 4.79 Å². The van der Waals surface area contributed by atoms with Gasteiger partial charge >= 0.3 is 0 Å². The van der Waals surface area contributed by atoms with E-state index in [-0.39, 0.29) is 5.91 Å². The van der Waals surface area contributed by atoms with E-state index in [2.05, 4.69) is 11.9 Å². The normalized spacial score (nSPS) is 25.9. The lowest BCUT2D eigenvalue weighted by Crippen LogP contribution is -2.13. The number of carbonyl (C=O) groups excluding carboxylic acids is 1. The summed E-state index contributed by atoms with van der Waals surface area (Å²) < 4.78 is 0. The van der Waals surface area contributed by atoms with E-state index in [4.69, 9.17) is 0 Å². The molecule has 0 radical (unpaired) electrons. The molecule has 0 bridgehead atoms. The number of hydrogen-bond acceptors (Lipinski definition) is 1. The Kier molecular flexibility index (Phi) is 1.56. The summed E-state index contributed by atoms with van der Waals surface area (Å²) in [6.07, 6.45) is 0.634. The highest BCUT2D eigenvalue weighted by atomic mass is 16.1. The third-order valence-corrected chi connectivity index (χ3v) is 1.67. The summed E-state index contributed by atoms with van der Waals surface area (Å²) in [6, 6.07) is 0. The molecule has 9 heavy (non-hydrogen) atoms. The van der Waals surface area contributed by atoms with Crippen molar-refractivity contribution in [3.8, 4) is 0 Å². The van der Waals surface area contributed by atoms with Crippen LogP contribution in [-0.2, 0) is 4.79 Å². The molecule has 1 saturated heterocycles. The second-order valence-electron chi connectivity index (χ2n) is 2.55.